The number of nitrogens with one attached hydrogen (secondary N) is 1. The Morgan fingerprint density at radius 3 is 2.37 bits per heavy atom. The number of likely N-dealkylation sites (N-methyl/N-ethyl adjacent to an activating group) is 1. The minimum Gasteiger partial charge on any atom is -0.394 e. The van der Waals surface area contributed by atoms with Gasteiger partial charge >= 0.3 is 0 Å². The Bertz CT molecular complexity index is 820. The number of hydrogen-bond acceptors (Lipinski definition) is 4. The highest BCUT2D eigenvalue weighted by atomic mass is 16.3. The molecular formula is C21H24N2O4. The smallest absolute Gasteiger partial charge is 0.238 e. The second kappa shape index (κ2) is 7.90. The molecule has 0 fully saturated rings. The molecular weight excluding hydrogens is 344 g/mol. The molecule has 1 atom stereocenters. The van der Waals surface area contributed by atoms with E-state index in [4.69, 9.17) is 0 Å². The molecule has 6 heteroatoms. The minimum absolute atomic E-state index is 0.0570. The van der Waals surface area contributed by atoms with Gasteiger partial charge in [0.1, 0.15) is 0 Å². The Balaban J connectivity index is 2.00. The zero-order valence-electron chi connectivity index (χ0n) is 15.3. The highest BCUT2D eigenvalue weighted by Crippen LogP contribution is 2.45. The van der Waals surface area contributed by atoms with Gasteiger partial charge in [0, 0.05) is 19.2 Å². The first-order valence-electron chi connectivity index (χ1n) is 8.94. The van der Waals surface area contributed by atoms with Crippen LogP contribution in [0.2, 0.25) is 0 Å². The maximum Gasteiger partial charge on any atom is 0.238 e. The fourth-order valence-corrected chi connectivity index (χ4v) is 3.77. The zero-order valence-corrected chi connectivity index (χ0v) is 15.3. The van der Waals surface area contributed by atoms with Gasteiger partial charge in [-0.05, 0) is 23.6 Å². The van der Waals surface area contributed by atoms with Crippen LogP contribution in [-0.2, 0) is 21.4 Å². The number of hydrogen-bond donors (Lipinski definition) is 3. The van der Waals surface area contributed by atoms with Crippen molar-refractivity contribution in [1.29, 1.82) is 0 Å². The number of rotatable bonds is 7. The maximum absolute atomic E-state index is 13.3. The van der Waals surface area contributed by atoms with Gasteiger partial charge in [0.15, 0.2) is 0 Å². The number of aliphatic hydroxyl groups excluding tert-OH is 2. The van der Waals surface area contributed by atoms with E-state index in [1.54, 1.807) is 11.9 Å². The summed E-state index contributed by atoms with van der Waals surface area (Å²) in [7, 11) is 1.72. The topological polar surface area (TPSA) is 89.9 Å². The molecule has 0 saturated heterocycles. The first-order valence-corrected chi connectivity index (χ1v) is 8.94. The van der Waals surface area contributed by atoms with Gasteiger partial charge in [0.05, 0.1) is 24.7 Å². The summed E-state index contributed by atoms with van der Waals surface area (Å²) >= 11 is 0. The quantitative estimate of drug-likeness (QED) is 0.680. The molecule has 1 heterocycles. The molecule has 0 spiro atoms. The molecule has 0 bridgehead atoms. The SMILES string of the molecule is CN1C(=O)C(CC(=O)NC(CO)CO)(Cc2ccccc2)c2ccccc21. The van der Waals surface area contributed by atoms with E-state index in [-0.39, 0.29) is 31.4 Å². The molecule has 2 aromatic rings. The highest BCUT2D eigenvalue weighted by molar-refractivity contribution is 6.09. The summed E-state index contributed by atoms with van der Waals surface area (Å²) < 4.78 is 0. The number of carbonyl (C=O) groups excluding carboxylic acids is 2. The fourth-order valence-electron chi connectivity index (χ4n) is 3.77. The molecule has 0 aromatic heterocycles. The molecule has 3 rings (SSSR count). The lowest BCUT2D eigenvalue weighted by Crippen LogP contribution is -2.47. The van der Waals surface area contributed by atoms with Crippen LogP contribution in [-0.4, -0.2) is 48.3 Å². The predicted octanol–water partition coefficient (Wildman–Crippen LogP) is 1.00. The number of fused-ring (bicyclic) bond motifs is 1. The first-order chi connectivity index (χ1) is 13.0. The van der Waals surface area contributed by atoms with E-state index in [9.17, 15) is 19.8 Å². The normalized spacial score (nSPS) is 18.7. The minimum atomic E-state index is -1.02. The van der Waals surface area contributed by atoms with Crippen molar-refractivity contribution in [3.63, 3.8) is 0 Å². The summed E-state index contributed by atoms with van der Waals surface area (Å²) in [6.07, 6.45) is 0.336. The van der Waals surface area contributed by atoms with Crippen LogP contribution in [0.4, 0.5) is 5.69 Å². The van der Waals surface area contributed by atoms with E-state index >= 15 is 0 Å². The number of anilines is 1. The van der Waals surface area contributed by atoms with Gasteiger partial charge in [-0.15, -0.1) is 0 Å². The van der Waals surface area contributed by atoms with Crippen LogP contribution in [0.3, 0.4) is 0 Å². The van der Waals surface area contributed by atoms with Crippen molar-refractivity contribution >= 4 is 17.5 Å². The third-order valence-corrected chi connectivity index (χ3v) is 5.11. The summed E-state index contributed by atoms with van der Waals surface area (Å²) in [5.74, 6) is -0.510. The average molecular weight is 368 g/mol. The van der Waals surface area contributed by atoms with Gasteiger partial charge in [-0.3, -0.25) is 9.59 Å². The molecule has 0 radical (unpaired) electrons. The van der Waals surface area contributed by atoms with Gasteiger partial charge in [0.2, 0.25) is 11.8 Å². The molecule has 1 aliphatic rings. The average Bonchev–Trinajstić information content (AvgIpc) is 2.89. The Morgan fingerprint density at radius 2 is 1.70 bits per heavy atom. The second-order valence-electron chi connectivity index (χ2n) is 6.93. The summed E-state index contributed by atoms with van der Waals surface area (Å²) in [6.45, 7) is -0.725. The van der Waals surface area contributed by atoms with Crippen molar-refractivity contribution in [1.82, 2.24) is 5.32 Å². The van der Waals surface area contributed by atoms with Crippen molar-refractivity contribution in [2.45, 2.75) is 24.3 Å². The van der Waals surface area contributed by atoms with E-state index in [2.05, 4.69) is 5.32 Å². The zero-order chi connectivity index (χ0) is 19.4. The second-order valence-corrected chi connectivity index (χ2v) is 6.93. The van der Waals surface area contributed by atoms with Crippen LogP contribution >= 0.6 is 0 Å². The van der Waals surface area contributed by atoms with Gasteiger partial charge < -0.3 is 20.4 Å². The number of carbonyl (C=O) groups is 2. The number of nitrogens with zero attached hydrogens (tertiary/aromatic N) is 1. The van der Waals surface area contributed by atoms with Crippen LogP contribution in [0.5, 0.6) is 0 Å². The van der Waals surface area contributed by atoms with Crippen molar-refractivity contribution in [3.8, 4) is 0 Å². The van der Waals surface area contributed by atoms with E-state index < -0.39 is 11.5 Å². The van der Waals surface area contributed by atoms with Gasteiger partial charge in [-0.25, -0.2) is 0 Å². The summed E-state index contributed by atoms with van der Waals surface area (Å²) in [6, 6.07) is 16.4. The molecule has 1 unspecified atom stereocenters. The summed E-state index contributed by atoms with van der Waals surface area (Å²) in [5, 5.41) is 21.1. The Morgan fingerprint density at radius 1 is 1.07 bits per heavy atom. The van der Waals surface area contributed by atoms with Gasteiger partial charge in [0.25, 0.3) is 0 Å². The van der Waals surface area contributed by atoms with Crippen molar-refractivity contribution in [3.05, 3.63) is 65.7 Å². The lowest BCUT2D eigenvalue weighted by Gasteiger charge is -2.29. The van der Waals surface area contributed by atoms with Crippen LogP contribution in [0, 0.1) is 0 Å². The maximum atomic E-state index is 13.3. The number of para-hydroxylation sites is 1. The van der Waals surface area contributed by atoms with Crippen LogP contribution in [0.1, 0.15) is 17.5 Å². The van der Waals surface area contributed by atoms with Gasteiger partial charge in [-0.1, -0.05) is 48.5 Å². The molecule has 27 heavy (non-hydrogen) atoms. The van der Waals surface area contributed by atoms with Crippen LogP contribution in [0.25, 0.3) is 0 Å². The summed E-state index contributed by atoms with van der Waals surface area (Å²) in [5.41, 5.74) is 1.56. The lowest BCUT2D eigenvalue weighted by molar-refractivity contribution is -0.130. The number of benzene rings is 2. The first kappa shape index (κ1) is 19.1. The standard InChI is InChI=1S/C21H24N2O4/c1-23-18-10-6-5-9-17(18)21(20(23)27,11-15-7-3-2-4-8-15)12-19(26)22-16(13-24)14-25/h2-10,16,24-25H,11-14H2,1H3,(H,22,26). The lowest BCUT2D eigenvalue weighted by atomic mass is 9.73. The highest BCUT2D eigenvalue weighted by Gasteiger charge is 2.50. The summed E-state index contributed by atoms with van der Waals surface area (Å²) in [4.78, 5) is 27.6. The molecule has 3 N–H and O–H groups in total. The monoisotopic (exact) mass is 368 g/mol. The predicted molar refractivity (Wildman–Crippen MR) is 102 cm³/mol. The van der Waals surface area contributed by atoms with Crippen LogP contribution < -0.4 is 10.2 Å². The van der Waals surface area contributed by atoms with Crippen molar-refractivity contribution in [2.24, 2.45) is 0 Å². The Hall–Kier alpha value is -2.70. The van der Waals surface area contributed by atoms with Crippen molar-refractivity contribution in [2.75, 3.05) is 25.2 Å². The molecule has 6 nitrogen and oxygen atoms in total. The van der Waals surface area contributed by atoms with E-state index in [1.165, 1.54) is 0 Å². The molecule has 2 aromatic carbocycles. The third kappa shape index (κ3) is 3.59. The van der Waals surface area contributed by atoms with Crippen molar-refractivity contribution < 1.29 is 19.8 Å². The number of aliphatic hydroxyl groups is 2. The largest absolute Gasteiger partial charge is 0.394 e. The van der Waals surface area contributed by atoms with Gasteiger partial charge in [-0.2, -0.15) is 0 Å². The third-order valence-electron chi connectivity index (χ3n) is 5.11. The molecule has 0 aliphatic carbocycles. The molecule has 1 aliphatic heterocycles. The molecule has 2 amide bonds. The Labute approximate surface area is 158 Å². The van der Waals surface area contributed by atoms with E-state index in [0.717, 1.165) is 16.8 Å². The van der Waals surface area contributed by atoms with E-state index in [0.29, 0.717) is 6.42 Å². The fraction of sp³-hybridized carbons (Fsp3) is 0.333. The van der Waals surface area contributed by atoms with Crippen LogP contribution in [0.15, 0.2) is 54.6 Å². The molecule has 0 saturated carbocycles. The van der Waals surface area contributed by atoms with E-state index in [1.807, 2.05) is 54.6 Å². The number of amides is 2. The Kier molecular flexibility index (Phi) is 5.58. The molecule has 142 valence electrons.